The highest BCUT2D eigenvalue weighted by molar-refractivity contribution is 7.85. The second-order valence-electron chi connectivity index (χ2n) is 2.88. The molecule has 4 nitrogen and oxygen atoms in total. The fourth-order valence-electron chi connectivity index (χ4n) is 1.20. The quantitative estimate of drug-likeness (QED) is 0.796. The van der Waals surface area contributed by atoms with E-state index in [2.05, 4.69) is 4.98 Å². The van der Waals surface area contributed by atoms with Crippen molar-refractivity contribution in [3.63, 3.8) is 0 Å². The molecule has 0 aliphatic heterocycles. The lowest BCUT2D eigenvalue weighted by atomic mass is 10.2. The Labute approximate surface area is 85.0 Å². The maximum Gasteiger partial charge on any atom is 0.269 e. The third-order valence-electron chi connectivity index (χ3n) is 1.74. The van der Waals surface area contributed by atoms with Crippen molar-refractivity contribution in [3.05, 3.63) is 29.3 Å². The Morgan fingerprint density at radius 2 is 2.21 bits per heavy atom. The molecule has 2 aromatic rings. The Bertz CT molecular complexity index is 559. The van der Waals surface area contributed by atoms with Crippen LogP contribution < -0.4 is 0 Å². The van der Waals surface area contributed by atoms with Crippen molar-refractivity contribution in [2.45, 2.75) is 5.75 Å². The Morgan fingerprint density at radius 3 is 2.93 bits per heavy atom. The van der Waals surface area contributed by atoms with Crippen molar-refractivity contribution >= 4 is 31.7 Å². The number of aromatic nitrogens is 1. The maximum atomic E-state index is 10.6. The zero-order valence-corrected chi connectivity index (χ0v) is 8.68. The topological polar surface area (TPSA) is 67.3 Å². The molecule has 14 heavy (non-hydrogen) atoms. The fraction of sp³-hybridized carbons (Fsp3) is 0.125. The summed E-state index contributed by atoms with van der Waals surface area (Å²) >= 11 is 1.44. The molecule has 0 radical (unpaired) electrons. The van der Waals surface area contributed by atoms with E-state index >= 15 is 0 Å². The minimum Gasteiger partial charge on any atom is -0.285 e. The maximum absolute atomic E-state index is 10.6. The summed E-state index contributed by atoms with van der Waals surface area (Å²) in [5.74, 6) is -0.346. The lowest BCUT2D eigenvalue weighted by molar-refractivity contribution is 0.482. The third-order valence-corrected chi connectivity index (χ3v) is 3.23. The lowest BCUT2D eigenvalue weighted by Gasteiger charge is -1.97. The van der Waals surface area contributed by atoms with Gasteiger partial charge in [-0.2, -0.15) is 8.42 Å². The highest BCUT2D eigenvalue weighted by atomic mass is 32.2. The van der Waals surface area contributed by atoms with Gasteiger partial charge in [-0.25, -0.2) is 4.98 Å². The largest absolute Gasteiger partial charge is 0.285 e. The van der Waals surface area contributed by atoms with Gasteiger partial charge < -0.3 is 0 Å². The molecule has 6 heteroatoms. The number of rotatable bonds is 2. The van der Waals surface area contributed by atoms with Gasteiger partial charge in [0.1, 0.15) is 5.75 Å². The molecule has 74 valence electrons. The van der Waals surface area contributed by atoms with Crippen LogP contribution >= 0.6 is 11.3 Å². The van der Waals surface area contributed by atoms with Crippen LogP contribution in [0.3, 0.4) is 0 Å². The van der Waals surface area contributed by atoms with Crippen LogP contribution in [-0.2, 0) is 15.9 Å². The number of thiazole rings is 1. The summed E-state index contributed by atoms with van der Waals surface area (Å²) in [5, 5.41) is 0. The van der Waals surface area contributed by atoms with Gasteiger partial charge in [-0.05, 0) is 17.7 Å². The van der Waals surface area contributed by atoms with Crippen LogP contribution in [0.25, 0.3) is 10.2 Å². The smallest absolute Gasteiger partial charge is 0.269 e. The van der Waals surface area contributed by atoms with Crippen molar-refractivity contribution in [1.82, 2.24) is 4.98 Å². The van der Waals surface area contributed by atoms with Crippen molar-refractivity contribution in [2.24, 2.45) is 0 Å². The van der Waals surface area contributed by atoms with Crippen molar-refractivity contribution in [1.29, 1.82) is 0 Å². The monoisotopic (exact) mass is 229 g/mol. The highest BCUT2D eigenvalue weighted by Crippen LogP contribution is 2.19. The van der Waals surface area contributed by atoms with Crippen molar-refractivity contribution in [2.75, 3.05) is 0 Å². The standard InChI is InChI=1S/C8H7NO3S2/c10-14(11,12)4-6-1-2-7-8(3-6)13-5-9-7/h1-3,5H,4H2,(H,10,11,12). The first-order valence-corrected chi connectivity index (χ1v) is 6.31. The van der Waals surface area contributed by atoms with Gasteiger partial charge in [-0.3, -0.25) is 4.55 Å². The molecule has 0 amide bonds. The Hall–Kier alpha value is -0.980. The van der Waals surface area contributed by atoms with Gasteiger partial charge in [0.05, 0.1) is 15.7 Å². The minimum absolute atomic E-state index is 0.346. The Balaban J connectivity index is 2.44. The number of fused-ring (bicyclic) bond motifs is 1. The normalized spacial score (nSPS) is 12.1. The molecule has 0 unspecified atom stereocenters. The summed E-state index contributed by atoms with van der Waals surface area (Å²) in [5.41, 5.74) is 3.11. The van der Waals surface area contributed by atoms with Gasteiger partial charge in [-0.15, -0.1) is 11.3 Å². The molecule has 1 aromatic carbocycles. The number of hydrogen-bond acceptors (Lipinski definition) is 4. The fourth-order valence-corrected chi connectivity index (χ4v) is 2.54. The van der Waals surface area contributed by atoms with Crippen LogP contribution in [0, 0.1) is 0 Å². The Morgan fingerprint density at radius 1 is 1.43 bits per heavy atom. The van der Waals surface area contributed by atoms with Gasteiger partial charge in [0.25, 0.3) is 10.1 Å². The number of nitrogens with zero attached hydrogens (tertiary/aromatic N) is 1. The summed E-state index contributed by atoms with van der Waals surface area (Å²) in [6.45, 7) is 0. The summed E-state index contributed by atoms with van der Waals surface area (Å²) in [6, 6.07) is 5.11. The average Bonchev–Trinajstić information content (AvgIpc) is 2.47. The van der Waals surface area contributed by atoms with Crippen molar-refractivity contribution < 1.29 is 13.0 Å². The molecular weight excluding hydrogens is 222 g/mol. The van der Waals surface area contributed by atoms with E-state index in [1.807, 2.05) is 0 Å². The molecule has 0 fully saturated rings. The average molecular weight is 229 g/mol. The summed E-state index contributed by atoms with van der Waals surface area (Å²) in [7, 11) is -3.94. The number of hydrogen-bond donors (Lipinski definition) is 1. The van der Waals surface area contributed by atoms with Crippen LogP contribution in [0.4, 0.5) is 0 Å². The summed E-state index contributed by atoms with van der Waals surface area (Å²) in [4.78, 5) is 4.06. The first-order valence-electron chi connectivity index (χ1n) is 3.82. The van der Waals surface area contributed by atoms with E-state index in [0.717, 1.165) is 10.2 Å². The third kappa shape index (κ3) is 2.09. The molecule has 1 heterocycles. The van der Waals surface area contributed by atoms with Crippen LogP contribution in [0.1, 0.15) is 5.56 Å². The van der Waals surface area contributed by atoms with Gasteiger partial charge >= 0.3 is 0 Å². The lowest BCUT2D eigenvalue weighted by Crippen LogP contribution is -2.00. The molecule has 0 atom stereocenters. The first kappa shape index (κ1) is 9.57. The molecule has 2 rings (SSSR count). The summed E-state index contributed by atoms with van der Waals surface area (Å²) in [6.07, 6.45) is 0. The predicted molar refractivity (Wildman–Crippen MR) is 54.9 cm³/mol. The second kappa shape index (κ2) is 3.30. The van der Waals surface area contributed by atoms with Gasteiger partial charge in [0, 0.05) is 0 Å². The van der Waals surface area contributed by atoms with E-state index in [-0.39, 0.29) is 5.75 Å². The molecular formula is C8H7NO3S2. The summed E-state index contributed by atoms with van der Waals surface area (Å²) < 4.78 is 30.8. The van der Waals surface area contributed by atoms with Gasteiger partial charge in [0.15, 0.2) is 0 Å². The molecule has 1 N–H and O–H groups in total. The Kier molecular flexibility index (Phi) is 2.26. The van der Waals surface area contributed by atoms with E-state index in [9.17, 15) is 8.42 Å². The van der Waals surface area contributed by atoms with Gasteiger partial charge in [-0.1, -0.05) is 6.07 Å². The molecule has 0 saturated carbocycles. The molecule has 0 aliphatic rings. The van der Waals surface area contributed by atoms with Crippen molar-refractivity contribution in [3.8, 4) is 0 Å². The van der Waals surface area contributed by atoms with Crippen LogP contribution in [0.2, 0.25) is 0 Å². The van der Waals surface area contributed by atoms with Crippen LogP contribution in [0.15, 0.2) is 23.7 Å². The molecule has 0 saturated heterocycles. The van der Waals surface area contributed by atoms with Crippen LogP contribution in [-0.4, -0.2) is 18.0 Å². The SMILES string of the molecule is O=S(=O)(O)Cc1ccc2ncsc2c1. The molecule has 0 spiro atoms. The first-order chi connectivity index (χ1) is 6.54. The van der Waals surface area contributed by atoms with E-state index in [0.29, 0.717) is 5.56 Å². The van der Waals surface area contributed by atoms with E-state index in [1.165, 1.54) is 11.3 Å². The zero-order chi connectivity index (χ0) is 10.2. The van der Waals surface area contributed by atoms with E-state index in [1.54, 1.807) is 23.7 Å². The predicted octanol–water partition coefficient (Wildman–Crippen LogP) is 1.68. The van der Waals surface area contributed by atoms with E-state index in [4.69, 9.17) is 4.55 Å². The molecule has 0 bridgehead atoms. The number of benzene rings is 1. The highest BCUT2D eigenvalue weighted by Gasteiger charge is 2.07. The second-order valence-corrected chi connectivity index (χ2v) is 5.22. The van der Waals surface area contributed by atoms with Crippen LogP contribution in [0.5, 0.6) is 0 Å². The molecule has 1 aromatic heterocycles. The minimum atomic E-state index is -3.94. The van der Waals surface area contributed by atoms with Gasteiger partial charge in [0.2, 0.25) is 0 Å². The molecule has 0 aliphatic carbocycles. The zero-order valence-electron chi connectivity index (χ0n) is 7.04. The van der Waals surface area contributed by atoms with E-state index < -0.39 is 10.1 Å².